The summed E-state index contributed by atoms with van der Waals surface area (Å²) in [7, 11) is 0. The van der Waals surface area contributed by atoms with Crippen LogP contribution < -0.4 is 5.01 Å². The van der Waals surface area contributed by atoms with E-state index in [1.54, 1.807) is 24.9 Å². The first-order valence-corrected chi connectivity index (χ1v) is 8.76. The molecule has 0 aromatic heterocycles. The highest BCUT2D eigenvalue weighted by Gasteiger charge is 2.15. The van der Waals surface area contributed by atoms with Gasteiger partial charge >= 0.3 is 5.97 Å². The summed E-state index contributed by atoms with van der Waals surface area (Å²) in [6.45, 7) is 3.84. The maximum atomic E-state index is 14.2. The molecular weight excluding hydrogens is 387 g/mol. The zero-order valence-electron chi connectivity index (χ0n) is 14.2. The molecule has 0 amide bonds. The van der Waals surface area contributed by atoms with Crippen LogP contribution in [0.5, 0.6) is 0 Å². The average molecular weight is 407 g/mol. The Morgan fingerprint density at radius 3 is 2.72 bits per heavy atom. The Kier molecular flexibility index (Phi) is 7.13. The van der Waals surface area contributed by atoms with Crippen LogP contribution in [-0.4, -0.2) is 24.8 Å². The fourth-order valence-electron chi connectivity index (χ4n) is 2.22. The van der Waals surface area contributed by atoms with Crippen molar-refractivity contribution >= 4 is 33.3 Å². The SMILES string of the molecule is CCOC(=O)/C(C)=N/N(CC1=C(F)C=CC=CC1)c1ccc(Br)cc1. The van der Waals surface area contributed by atoms with E-state index in [1.165, 1.54) is 6.08 Å². The van der Waals surface area contributed by atoms with E-state index in [0.29, 0.717) is 12.0 Å². The van der Waals surface area contributed by atoms with Crippen LogP contribution in [0.3, 0.4) is 0 Å². The van der Waals surface area contributed by atoms with Gasteiger partial charge in [-0.05, 0) is 56.2 Å². The zero-order chi connectivity index (χ0) is 18.2. The molecule has 0 fully saturated rings. The van der Waals surface area contributed by atoms with Crippen LogP contribution >= 0.6 is 15.9 Å². The van der Waals surface area contributed by atoms with Crippen LogP contribution in [0, 0.1) is 0 Å². The van der Waals surface area contributed by atoms with Gasteiger partial charge in [0.15, 0.2) is 0 Å². The Morgan fingerprint density at radius 1 is 1.32 bits per heavy atom. The largest absolute Gasteiger partial charge is 0.461 e. The molecule has 132 valence electrons. The van der Waals surface area contributed by atoms with Crippen LogP contribution in [0.2, 0.25) is 0 Å². The fourth-order valence-corrected chi connectivity index (χ4v) is 2.48. The van der Waals surface area contributed by atoms with Crippen LogP contribution in [-0.2, 0) is 9.53 Å². The molecule has 0 N–H and O–H groups in total. The molecule has 6 heteroatoms. The maximum absolute atomic E-state index is 14.2. The Hall–Kier alpha value is -2.21. The van der Waals surface area contributed by atoms with Gasteiger partial charge in [-0.2, -0.15) is 5.10 Å². The van der Waals surface area contributed by atoms with Gasteiger partial charge in [-0.15, -0.1) is 0 Å². The molecule has 4 nitrogen and oxygen atoms in total. The molecular formula is C19H20BrFN2O2. The molecule has 1 aliphatic carbocycles. The Morgan fingerprint density at radius 2 is 2.04 bits per heavy atom. The zero-order valence-corrected chi connectivity index (χ0v) is 15.8. The summed E-state index contributed by atoms with van der Waals surface area (Å²) in [5, 5.41) is 5.98. The summed E-state index contributed by atoms with van der Waals surface area (Å²) >= 11 is 3.39. The maximum Gasteiger partial charge on any atom is 0.354 e. The highest BCUT2D eigenvalue weighted by molar-refractivity contribution is 9.10. The number of ether oxygens (including phenoxy) is 1. The van der Waals surface area contributed by atoms with E-state index < -0.39 is 5.97 Å². The third kappa shape index (κ3) is 5.67. The minimum absolute atomic E-state index is 0.213. The topological polar surface area (TPSA) is 41.9 Å². The van der Waals surface area contributed by atoms with Crippen LogP contribution in [0.1, 0.15) is 20.3 Å². The average Bonchev–Trinajstić information content (AvgIpc) is 2.79. The van der Waals surface area contributed by atoms with Gasteiger partial charge < -0.3 is 4.74 Å². The molecule has 0 atom stereocenters. The molecule has 0 saturated heterocycles. The number of esters is 1. The van der Waals surface area contributed by atoms with E-state index in [9.17, 15) is 9.18 Å². The first kappa shape index (κ1) is 19.1. The van der Waals surface area contributed by atoms with E-state index >= 15 is 0 Å². The predicted octanol–water partition coefficient (Wildman–Crippen LogP) is 4.93. The van der Waals surface area contributed by atoms with E-state index in [1.807, 2.05) is 36.4 Å². The third-order valence-corrected chi connectivity index (χ3v) is 4.03. The van der Waals surface area contributed by atoms with Crippen molar-refractivity contribution in [2.45, 2.75) is 20.3 Å². The lowest BCUT2D eigenvalue weighted by Gasteiger charge is -2.21. The van der Waals surface area contributed by atoms with E-state index in [2.05, 4.69) is 21.0 Å². The van der Waals surface area contributed by atoms with Gasteiger partial charge in [0.25, 0.3) is 0 Å². The Bertz CT molecular complexity index is 736. The Labute approximate surface area is 155 Å². The lowest BCUT2D eigenvalue weighted by Crippen LogP contribution is -2.25. The summed E-state index contributed by atoms with van der Waals surface area (Å²) in [6.07, 6.45) is 7.28. The van der Waals surface area contributed by atoms with E-state index in [-0.39, 0.29) is 24.7 Å². The highest BCUT2D eigenvalue weighted by atomic mass is 79.9. The normalized spacial score (nSPS) is 14.5. The van der Waals surface area contributed by atoms with Crippen molar-refractivity contribution in [1.29, 1.82) is 0 Å². The van der Waals surface area contributed by atoms with Crippen LogP contribution in [0.25, 0.3) is 0 Å². The first-order chi connectivity index (χ1) is 12.0. The molecule has 2 rings (SSSR count). The summed E-state index contributed by atoms with van der Waals surface area (Å²) in [6, 6.07) is 7.45. The second-order valence-electron chi connectivity index (χ2n) is 5.38. The van der Waals surface area contributed by atoms with Crippen LogP contribution in [0.4, 0.5) is 10.1 Å². The van der Waals surface area contributed by atoms with Gasteiger partial charge in [0, 0.05) is 4.47 Å². The first-order valence-electron chi connectivity index (χ1n) is 7.97. The molecule has 1 aromatic carbocycles. The minimum atomic E-state index is -0.486. The number of anilines is 1. The summed E-state index contributed by atoms with van der Waals surface area (Å²) in [5.74, 6) is -0.768. The number of allylic oxidation sites excluding steroid dienone is 5. The van der Waals surface area contributed by atoms with Gasteiger partial charge in [0.1, 0.15) is 11.5 Å². The second kappa shape index (κ2) is 9.32. The third-order valence-electron chi connectivity index (χ3n) is 3.50. The predicted molar refractivity (Wildman–Crippen MR) is 102 cm³/mol. The van der Waals surface area contributed by atoms with Gasteiger partial charge in [-0.3, -0.25) is 5.01 Å². The van der Waals surface area contributed by atoms with E-state index in [4.69, 9.17) is 4.74 Å². The number of benzene rings is 1. The molecule has 0 saturated carbocycles. The fraction of sp³-hybridized carbons (Fsp3) is 0.263. The lowest BCUT2D eigenvalue weighted by molar-refractivity contribution is -0.135. The van der Waals surface area contributed by atoms with Crippen molar-refractivity contribution in [2.24, 2.45) is 5.10 Å². The molecule has 0 bridgehead atoms. The Balaban J connectivity index is 2.33. The van der Waals surface area contributed by atoms with Gasteiger partial charge in [0.2, 0.25) is 0 Å². The van der Waals surface area contributed by atoms with Crippen molar-refractivity contribution in [3.8, 4) is 0 Å². The van der Waals surface area contributed by atoms with Crippen molar-refractivity contribution in [3.63, 3.8) is 0 Å². The molecule has 0 aliphatic heterocycles. The van der Waals surface area contributed by atoms with Crippen molar-refractivity contribution < 1.29 is 13.9 Å². The van der Waals surface area contributed by atoms with Crippen molar-refractivity contribution in [3.05, 3.63) is 64.4 Å². The number of carbonyl (C=O) groups excluding carboxylic acids is 1. The summed E-state index contributed by atoms with van der Waals surface area (Å²) in [5.41, 5.74) is 1.56. The van der Waals surface area contributed by atoms with Crippen LogP contribution in [0.15, 0.2) is 69.5 Å². The number of rotatable bonds is 6. The number of carbonyl (C=O) groups is 1. The molecule has 0 spiro atoms. The highest BCUT2D eigenvalue weighted by Crippen LogP contribution is 2.23. The van der Waals surface area contributed by atoms with Gasteiger partial charge in [0.05, 0.1) is 18.8 Å². The number of halogens is 2. The molecule has 0 unspecified atom stereocenters. The molecule has 0 heterocycles. The quantitative estimate of drug-likeness (QED) is 0.381. The van der Waals surface area contributed by atoms with Crippen molar-refractivity contribution in [2.75, 3.05) is 18.2 Å². The summed E-state index contributed by atoms with van der Waals surface area (Å²) in [4.78, 5) is 11.9. The number of hydrogen-bond donors (Lipinski definition) is 0. The molecule has 1 aliphatic rings. The van der Waals surface area contributed by atoms with E-state index in [0.717, 1.165) is 10.2 Å². The molecule has 25 heavy (non-hydrogen) atoms. The number of hydrazone groups is 1. The summed E-state index contributed by atoms with van der Waals surface area (Å²) < 4.78 is 20.1. The molecule has 0 radical (unpaired) electrons. The second-order valence-corrected chi connectivity index (χ2v) is 6.30. The number of nitrogens with zero attached hydrogens (tertiary/aromatic N) is 2. The van der Waals surface area contributed by atoms with Gasteiger partial charge in [-0.1, -0.05) is 34.2 Å². The monoisotopic (exact) mass is 406 g/mol. The van der Waals surface area contributed by atoms with Crippen molar-refractivity contribution in [1.82, 2.24) is 0 Å². The minimum Gasteiger partial charge on any atom is -0.461 e. The number of hydrogen-bond acceptors (Lipinski definition) is 4. The standard InChI is InChI=1S/C19H20BrFN2O2/c1-3-25-19(24)14(2)22-23(17-11-9-16(20)10-12-17)13-15-7-5-4-6-8-18(15)21/h4-6,8-12H,3,7,13H2,1-2H3/b22-14+. The molecule has 1 aromatic rings. The lowest BCUT2D eigenvalue weighted by atomic mass is 10.1. The van der Waals surface area contributed by atoms with Gasteiger partial charge in [-0.25, -0.2) is 9.18 Å². The smallest absolute Gasteiger partial charge is 0.354 e.